The maximum Gasteiger partial charge on any atom is 0.0992 e. The number of nitriles is 1. The summed E-state index contributed by atoms with van der Waals surface area (Å²) in [5.74, 6) is 0. The fourth-order valence-corrected chi connectivity index (χ4v) is 3.33. The molecule has 0 radical (unpaired) electrons. The zero-order chi connectivity index (χ0) is 12.4. The summed E-state index contributed by atoms with van der Waals surface area (Å²) < 4.78 is 0. The lowest BCUT2D eigenvalue weighted by Gasteiger charge is -2.31. The largest absolute Gasteiger partial charge is 0.367 e. The zero-order valence-corrected chi connectivity index (χ0v) is 10.6. The molecule has 2 aliphatic heterocycles. The second-order valence-corrected chi connectivity index (χ2v) is 5.27. The lowest BCUT2D eigenvalue weighted by molar-refractivity contribution is 0.483. The van der Waals surface area contributed by atoms with Crippen LogP contribution in [0.5, 0.6) is 0 Å². The smallest absolute Gasteiger partial charge is 0.0992 e. The number of nitrogens with zero attached hydrogens (tertiary/aromatic N) is 2. The number of rotatable bonds is 2. The van der Waals surface area contributed by atoms with Crippen molar-refractivity contribution in [3.63, 3.8) is 0 Å². The van der Waals surface area contributed by atoms with Crippen LogP contribution in [-0.2, 0) is 0 Å². The van der Waals surface area contributed by atoms with Crippen molar-refractivity contribution < 1.29 is 0 Å². The van der Waals surface area contributed by atoms with Crippen molar-refractivity contribution in [2.45, 2.75) is 37.8 Å². The molecule has 2 unspecified atom stereocenters. The van der Waals surface area contributed by atoms with Gasteiger partial charge in [-0.05, 0) is 50.4 Å². The van der Waals surface area contributed by atoms with E-state index in [1.165, 1.54) is 31.4 Å². The van der Waals surface area contributed by atoms with Crippen LogP contribution in [0.25, 0.3) is 0 Å². The first-order valence-corrected chi connectivity index (χ1v) is 6.89. The Morgan fingerprint density at radius 2 is 2.22 bits per heavy atom. The minimum Gasteiger partial charge on any atom is -0.367 e. The van der Waals surface area contributed by atoms with E-state index >= 15 is 0 Å². The van der Waals surface area contributed by atoms with Gasteiger partial charge in [-0.15, -0.1) is 0 Å². The first kappa shape index (κ1) is 11.6. The van der Waals surface area contributed by atoms with E-state index in [9.17, 15) is 0 Å². The van der Waals surface area contributed by atoms with Crippen LogP contribution in [0.1, 0.15) is 31.2 Å². The molecule has 18 heavy (non-hydrogen) atoms. The molecule has 1 aromatic carbocycles. The van der Waals surface area contributed by atoms with Crippen molar-refractivity contribution in [1.29, 1.82) is 5.26 Å². The maximum absolute atomic E-state index is 9.00. The topological polar surface area (TPSA) is 39.1 Å². The summed E-state index contributed by atoms with van der Waals surface area (Å²) in [6.07, 6.45) is 5.13. The number of nitrogens with one attached hydrogen (secondary N) is 1. The molecule has 3 rings (SSSR count). The molecule has 0 aliphatic carbocycles. The number of benzene rings is 1. The monoisotopic (exact) mass is 241 g/mol. The molecule has 2 saturated heterocycles. The van der Waals surface area contributed by atoms with Gasteiger partial charge in [0.15, 0.2) is 0 Å². The van der Waals surface area contributed by atoms with Crippen LogP contribution < -0.4 is 10.2 Å². The third-order valence-corrected chi connectivity index (χ3v) is 4.17. The van der Waals surface area contributed by atoms with Gasteiger partial charge in [-0.3, -0.25) is 0 Å². The van der Waals surface area contributed by atoms with Gasteiger partial charge in [-0.2, -0.15) is 5.26 Å². The van der Waals surface area contributed by atoms with Gasteiger partial charge in [0.1, 0.15) is 0 Å². The number of hydrogen-bond donors (Lipinski definition) is 1. The molecule has 2 atom stereocenters. The van der Waals surface area contributed by atoms with Gasteiger partial charge in [0.2, 0.25) is 0 Å². The lowest BCUT2D eigenvalue weighted by Crippen LogP contribution is -2.44. The maximum atomic E-state index is 9.00. The van der Waals surface area contributed by atoms with Crippen LogP contribution in [0.2, 0.25) is 0 Å². The second-order valence-electron chi connectivity index (χ2n) is 5.27. The predicted molar refractivity (Wildman–Crippen MR) is 72.5 cm³/mol. The standard InChI is InChI=1S/C15H19N3/c16-11-12-4-1-5-13(10-12)18-9-3-7-15(18)14-6-2-8-17-14/h1,4-5,10,14-15,17H,2-3,6-9H2. The molecule has 0 saturated carbocycles. The minimum atomic E-state index is 0.612. The van der Waals surface area contributed by atoms with E-state index in [2.05, 4.69) is 22.4 Å². The van der Waals surface area contributed by atoms with E-state index in [1.807, 2.05) is 18.2 Å². The van der Waals surface area contributed by atoms with Crippen LogP contribution in [0.4, 0.5) is 5.69 Å². The first-order valence-electron chi connectivity index (χ1n) is 6.89. The molecule has 0 amide bonds. The molecule has 1 N–H and O–H groups in total. The molecule has 1 aromatic rings. The van der Waals surface area contributed by atoms with Gasteiger partial charge < -0.3 is 10.2 Å². The molecule has 2 aliphatic rings. The van der Waals surface area contributed by atoms with Crippen LogP contribution in [0, 0.1) is 11.3 Å². The van der Waals surface area contributed by atoms with Crippen molar-refractivity contribution in [1.82, 2.24) is 5.32 Å². The molecule has 3 heteroatoms. The van der Waals surface area contributed by atoms with Gasteiger partial charge >= 0.3 is 0 Å². The van der Waals surface area contributed by atoms with Gasteiger partial charge in [-0.1, -0.05) is 6.07 Å². The van der Waals surface area contributed by atoms with Crippen LogP contribution in [0.3, 0.4) is 0 Å². The molecule has 94 valence electrons. The van der Waals surface area contributed by atoms with Crippen LogP contribution in [-0.4, -0.2) is 25.2 Å². The Morgan fingerprint density at radius 3 is 3.00 bits per heavy atom. The molecular weight excluding hydrogens is 222 g/mol. The summed E-state index contributed by atoms with van der Waals surface area (Å²) in [6.45, 7) is 2.28. The minimum absolute atomic E-state index is 0.612. The Kier molecular flexibility index (Phi) is 3.21. The number of anilines is 1. The summed E-state index contributed by atoms with van der Waals surface area (Å²) in [7, 11) is 0. The average molecular weight is 241 g/mol. The summed E-state index contributed by atoms with van der Waals surface area (Å²) in [6, 6.07) is 11.5. The van der Waals surface area contributed by atoms with Gasteiger partial charge in [0.25, 0.3) is 0 Å². The highest BCUT2D eigenvalue weighted by Crippen LogP contribution is 2.30. The quantitative estimate of drug-likeness (QED) is 0.863. The highest BCUT2D eigenvalue weighted by Gasteiger charge is 2.33. The van der Waals surface area contributed by atoms with Crippen molar-refractivity contribution in [3.8, 4) is 6.07 Å². The van der Waals surface area contributed by atoms with E-state index in [0.29, 0.717) is 12.1 Å². The molecule has 2 heterocycles. The SMILES string of the molecule is N#Cc1cccc(N2CCCC2C2CCCN2)c1. The van der Waals surface area contributed by atoms with Crippen LogP contribution in [0.15, 0.2) is 24.3 Å². The average Bonchev–Trinajstić information content (AvgIpc) is 3.09. The normalized spacial score (nSPS) is 27.4. The van der Waals surface area contributed by atoms with Crippen molar-refractivity contribution in [2.24, 2.45) is 0 Å². The molecule has 0 bridgehead atoms. The van der Waals surface area contributed by atoms with Crippen molar-refractivity contribution in [2.75, 3.05) is 18.0 Å². The summed E-state index contributed by atoms with van der Waals surface area (Å²) in [5.41, 5.74) is 1.97. The fraction of sp³-hybridized carbons (Fsp3) is 0.533. The zero-order valence-electron chi connectivity index (χ0n) is 10.6. The summed E-state index contributed by atoms with van der Waals surface area (Å²) in [5, 5.41) is 12.6. The van der Waals surface area contributed by atoms with E-state index in [1.54, 1.807) is 0 Å². The van der Waals surface area contributed by atoms with Crippen molar-refractivity contribution in [3.05, 3.63) is 29.8 Å². The third kappa shape index (κ3) is 2.09. The Morgan fingerprint density at radius 1 is 1.28 bits per heavy atom. The Balaban J connectivity index is 1.83. The number of hydrogen-bond acceptors (Lipinski definition) is 3. The van der Waals surface area contributed by atoms with E-state index in [0.717, 1.165) is 18.7 Å². The summed E-state index contributed by atoms with van der Waals surface area (Å²) in [4.78, 5) is 2.49. The van der Waals surface area contributed by atoms with Gasteiger partial charge in [0, 0.05) is 24.3 Å². The van der Waals surface area contributed by atoms with E-state index in [-0.39, 0.29) is 0 Å². The first-order chi connectivity index (χ1) is 8.88. The van der Waals surface area contributed by atoms with E-state index < -0.39 is 0 Å². The highest BCUT2D eigenvalue weighted by atomic mass is 15.2. The summed E-state index contributed by atoms with van der Waals surface area (Å²) >= 11 is 0. The Labute approximate surface area is 108 Å². The molecule has 0 aromatic heterocycles. The molecular formula is C15H19N3. The fourth-order valence-electron chi connectivity index (χ4n) is 3.33. The Hall–Kier alpha value is -1.53. The molecule has 0 spiro atoms. The molecule has 2 fully saturated rings. The molecule has 3 nitrogen and oxygen atoms in total. The van der Waals surface area contributed by atoms with Gasteiger partial charge in [0.05, 0.1) is 11.6 Å². The van der Waals surface area contributed by atoms with Gasteiger partial charge in [-0.25, -0.2) is 0 Å². The lowest BCUT2D eigenvalue weighted by atomic mass is 10.0. The highest BCUT2D eigenvalue weighted by molar-refractivity contribution is 5.53. The van der Waals surface area contributed by atoms with Crippen LogP contribution >= 0.6 is 0 Å². The second kappa shape index (κ2) is 4.99. The van der Waals surface area contributed by atoms with E-state index in [4.69, 9.17) is 5.26 Å². The third-order valence-electron chi connectivity index (χ3n) is 4.17. The predicted octanol–water partition coefficient (Wildman–Crippen LogP) is 2.28. The Bertz CT molecular complexity index is 457. The van der Waals surface area contributed by atoms with Crippen molar-refractivity contribution >= 4 is 5.69 Å².